The molecular weight excluding hydrogens is 404 g/mol. The highest BCUT2D eigenvalue weighted by atomic mass is 32.2. The number of rotatable bonds is 5. The number of fused-ring (bicyclic) bond motifs is 1. The van der Waals surface area contributed by atoms with Gasteiger partial charge < -0.3 is 19.1 Å². The van der Waals surface area contributed by atoms with Gasteiger partial charge in [-0.2, -0.15) is 4.31 Å². The van der Waals surface area contributed by atoms with Crippen molar-refractivity contribution >= 4 is 21.6 Å². The van der Waals surface area contributed by atoms with Gasteiger partial charge in [-0.1, -0.05) is 12.1 Å². The number of nitrogens with zero attached hydrogens (tertiary/aromatic N) is 4. The molecule has 1 aromatic carbocycles. The van der Waals surface area contributed by atoms with Crippen LogP contribution in [-0.2, 0) is 16.6 Å². The van der Waals surface area contributed by atoms with Crippen molar-refractivity contribution in [2.24, 2.45) is 0 Å². The van der Waals surface area contributed by atoms with Crippen molar-refractivity contribution in [1.82, 2.24) is 13.8 Å². The van der Waals surface area contributed by atoms with Gasteiger partial charge in [0, 0.05) is 52.0 Å². The van der Waals surface area contributed by atoms with Crippen molar-refractivity contribution in [3.63, 3.8) is 0 Å². The molecule has 8 nitrogen and oxygen atoms in total. The summed E-state index contributed by atoms with van der Waals surface area (Å²) in [6.07, 6.45) is 2.44. The van der Waals surface area contributed by atoms with Crippen LogP contribution < -0.4 is 9.64 Å². The van der Waals surface area contributed by atoms with Crippen LogP contribution >= 0.6 is 0 Å². The smallest absolute Gasteiger partial charge is 0.270 e. The van der Waals surface area contributed by atoms with Gasteiger partial charge in [0.1, 0.15) is 16.3 Å². The number of ether oxygens (including phenoxy) is 1. The second kappa shape index (κ2) is 8.31. The van der Waals surface area contributed by atoms with Gasteiger partial charge in [-0.15, -0.1) is 0 Å². The molecule has 2 aliphatic heterocycles. The third-order valence-corrected chi connectivity index (χ3v) is 7.75. The standard InChI is InChI=1S/C21H28N4O4S/c1-3-22-9-6-10-24-16-17(15-19(24)21(22)26)30(27,28)25-13-11-23(12-14-25)18-7-4-5-8-20(18)29-2/h4-5,7-8,15-16H,3,6,9-14H2,1-2H3. The Balaban J connectivity index is 1.52. The molecule has 30 heavy (non-hydrogen) atoms. The van der Waals surface area contributed by atoms with Crippen LogP contribution in [0.2, 0.25) is 0 Å². The van der Waals surface area contributed by atoms with Crippen LogP contribution in [0.15, 0.2) is 41.4 Å². The molecule has 4 rings (SSSR count). The summed E-state index contributed by atoms with van der Waals surface area (Å²) in [4.78, 5) is 16.8. The van der Waals surface area contributed by atoms with Crippen LogP contribution in [0.5, 0.6) is 5.75 Å². The normalized spacial score (nSPS) is 18.3. The summed E-state index contributed by atoms with van der Waals surface area (Å²) >= 11 is 0. The molecular formula is C21H28N4O4S. The summed E-state index contributed by atoms with van der Waals surface area (Å²) in [5, 5.41) is 0. The molecule has 0 radical (unpaired) electrons. The number of carbonyl (C=O) groups is 1. The van der Waals surface area contributed by atoms with E-state index in [0.29, 0.717) is 51.5 Å². The van der Waals surface area contributed by atoms with Crippen LogP contribution in [0.1, 0.15) is 23.8 Å². The van der Waals surface area contributed by atoms with Crippen LogP contribution in [0.25, 0.3) is 0 Å². The van der Waals surface area contributed by atoms with Crippen LogP contribution in [0.3, 0.4) is 0 Å². The van der Waals surface area contributed by atoms with Gasteiger partial charge in [-0.05, 0) is 31.5 Å². The lowest BCUT2D eigenvalue weighted by Crippen LogP contribution is -2.48. The monoisotopic (exact) mass is 432 g/mol. The Kier molecular flexibility index (Phi) is 5.75. The van der Waals surface area contributed by atoms with Gasteiger partial charge >= 0.3 is 0 Å². The predicted molar refractivity (Wildman–Crippen MR) is 115 cm³/mol. The second-order valence-corrected chi connectivity index (χ2v) is 9.49. The molecule has 1 amide bonds. The number of hydrogen-bond donors (Lipinski definition) is 0. The van der Waals surface area contributed by atoms with E-state index in [0.717, 1.165) is 17.9 Å². The number of carbonyl (C=O) groups excluding carboxylic acids is 1. The minimum absolute atomic E-state index is 0.0996. The highest BCUT2D eigenvalue weighted by Crippen LogP contribution is 2.30. The molecule has 0 spiro atoms. The zero-order chi connectivity index (χ0) is 21.3. The molecule has 2 aromatic rings. The number of aryl methyl sites for hydroxylation is 1. The zero-order valence-electron chi connectivity index (χ0n) is 17.5. The molecule has 1 fully saturated rings. The number of methoxy groups -OCH3 is 1. The largest absolute Gasteiger partial charge is 0.495 e. The lowest BCUT2D eigenvalue weighted by atomic mass is 10.2. The molecule has 0 N–H and O–H groups in total. The Hall–Kier alpha value is -2.52. The topological polar surface area (TPSA) is 75.1 Å². The molecule has 1 aromatic heterocycles. The molecule has 3 heterocycles. The van der Waals surface area contributed by atoms with Crippen molar-refractivity contribution in [3.8, 4) is 5.75 Å². The Labute approximate surface area is 177 Å². The molecule has 162 valence electrons. The minimum Gasteiger partial charge on any atom is -0.495 e. The lowest BCUT2D eigenvalue weighted by Gasteiger charge is -2.35. The first-order valence-corrected chi connectivity index (χ1v) is 11.8. The molecule has 0 unspecified atom stereocenters. The number of para-hydroxylation sites is 2. The van der Waals surface area contributed by atoms with Gasteiger partial charge in [0.25, 0.3) is 5.91 Å². The highest BCUT2D eigenvalue weighted by molar-refractivity contribution is 7.89. The van der Waals surface area contributed by atoms with Gasteiger partial charge in [-0.3, -0.25) is 4.79 Å². The van der Waals surface area contributed by atoms with Crippen molar-refractivity contribution in [2.75, 3.05) is 51.3 Å². The summed E-state index contributed by atoms with van der Waals surface area (Å²) in [6.45, 7) is 5.84. The number of hydrogen-bond acceptors (Lipinski definition) is 5. The maximum absolute atomic E-state index is 13.3. The summed E-state index contributed by atoms with van der Waals surface area (Å²) in [5.41, 5.74) is 1.43. The minimum atomic E-state index is -3.65. The van der Waals surface area contributed by atoms with Crippen LogP contribution in [0.4, 0.5) is 5.69 Å². The molecule has 2 aliphatic rings. The highest BCUT2D eigenvalue weighted by Gasteiger charge is 2.32. The predicted octanol–water partition coefficient (Wildman–Crippen LogP) is 1.87. The lowest BCUT2D eigenvalue weighted by molar-refractivity contribution is 0.0766. The summed E-state index contributed by atoms with van der Waals surface area (Å²) < 4.78 is 35.3. The maximum Gasteiger partial charge on any atom is 0.270 e. The van der Waals surface area contributed by atoms with E-state index in [1.807, 2.05) is 31.2 Å². The first-order chi connectivity index (χ1) is 14.5. The Morgan fingerprint density at radius 1 is 1.03 bits per heavy atom. The first-order valence-electron chi connectivity index (χ1n) is 10.3. The van der Waals surface area contributed by atoms with Crippen molar-refractivity contribution in [3.05, 3.63) is 42.2 Å². The fraction of sp³-hybridized carbons (Fsp3) is 0.476. The van der Waals surface area contributed by atoms with Crippen molar-refractivity contribution in [1.29, 1.82) is 0 Å². The van der Waals surface area contributed by atoms with E-state index in [9.17, 15) is 13.2 Å². The number of amides is 1. The number of sulfonamides is 1. The van der Waals surface area contributed by atoms with E-state index in [1.54, 1.807) is 22.8 Å². The Morgan fingerprint density at radius 3 is 2.47 bits per heavy atom. The average molecular weight is 433 g/mol. The number of anilines is 1. The zero-order valence-corrected chi connectivity index (χ0v) is 18.3. The molecule has 9 heteroatoms. The van der Waals surface area contributed by atoms with Gasteiger partial charge in [0.15, 0.2) is 0 Å². The van der Waals surface area contributed by atoms with E-state index < -0.39 is 10.0 Å². The molecule has 0 saturated carbocycles. The molecule has 0 bridgehead atoms. The third kappa shape index (κ3) is 3.67. The number of piperazine rings is 1. The average Bonchev–Trinajstić information content (AvgIpc) is 3.15. The Morgan fingerprint density at radius 2 is 1.77 bits per heavy atom. The third-order valence-electron chi connectivity index (χ3n) is 5.89. The van der Waals surface area contributed by atoms with Crippen LogP contribution in [-0.4, -0.2) is 74.5 Å². The second-order valence-electron chi connectivity index (χ2n) is 7.56. The maximum atomic E-state index is 13.3. The van der Waals surface area contributed by atoms with Gasteiger partial charge in [-0.25, -0.2) is 8.42 Å². The molecule has 1 saturated heterocycles. The number of benzene rings is 1. The first kappa shape index (κ1) is 20.7. The Bertz CT molecular complexity index is 1030. The molecule has 0 atom stereocenters. The van der Waals surface area contributed by atoms with E-state index in [1.165, 1.54) is 10.4 Å². The van der Waals surface area contributed by atoms with E-state index in [4.69, 9.17) is 4.74 Å². The van der Waals surface area contributed by atoms with Crippen LogP contribution in [0, 0.1) is 0 Å². The summed E-state index contributed by atoms with van der Waals surface area (Å²) in [5.74, 6) is 0.682. The van der Waals surface area contributed by atoms with E-state index in [-0.39, 0.29) is 10.8 Å². The van der Waals surface area contributed by atoms with Gasteiger partial charge in [0.05, 0.1) is 12.8 Å². The van der Waals surface area contributed by atoms with E-state index >= 15 is 0 Å². The fourth-order valence-electron chi connectivity index (χ4n) is 4.20. The van der Waals surface area contributed by atoms with E-state index in [2.05, 4.69) is 4.90 Å². The quantitative estimate of drug-likeness (QED) is 0.721. The number of aromatic nitrogens is 1. The SMILES string of the molecule is CCN1CCCn2cc(S(=O)(=O)N3CCN(c4ccccc4OC)CC3)cc2C1=O. The summed E-state index contributed by atoms with van der Waals surface area (Å²) in [7, 11) is -2.02. The van der Waals surface area contributed by atoms with Crippen molar-refractivity contribution in [2.45, 2.75) is 24.8 Å². The fourth-order valence-corrected chi connectivity index (χ4v) is 5.66. The van der Waals surface area contributed by atoms with Crippen molar-refractivity contribution < 1.29 is 17.9 Å². The molecule has 0 aliphatic carbocycles. The van der Waals surface area contributed by atoms with Gasteiger partial charge in [0.2, 0.25) is 10.0 Å². The summed E-state index contributed by atoms with van der Waals surface area (Å²) in [6, 6.07) is 9.30.